The average Bonchev–Trinajstić information content (AvgIpc) is 2.41. The molecule has 19 heavy (non-hydrogen) atoms. The van der Waals surface area contributed by atoms with Crippen molar-refractivity contribution in [2.75, 3.05) is 6.54 Å². The zero-order valence-electron chi connectivity index (χ0n) is 11.2. The van der Waals surface area contributed by atoms with E-state index in [0.29, 0.717) is 13.0 Å². The van der Waals surface area contributed by atoms with Gasteiger partial charge >= 0.3 is 0 Å². The normalized spacial score (nSPS) is 12.1. The molecular formula is C17H19NO. The highest BCUT2D eigenvalue weighted by Gasteiger charge is 2.18. The number of carbonyl (C=O) groups excluding carboxylic acids is 1. The molecule has 0 amide bonds. The van der Waals surface area contributed by atoms with Crippen molar-refractivity contribution in [1.82, 2.24) is 0 Å². The van der Waals surface area contributed by atoms with Crippen LogP contribution >= 0.6 is 0 Å². The Kier molecular flexibility index (Phi) is 4.48. The molecule has 0 aromatic heterocycles. The molecule has 0 aliphatic carbocycles. The van der Waals surface area contributed by atoms with E-state index in [-0.39, 0.29) is 11.7 Å². The van der Waals surface area contributed by atoms with Crippen molar-refractivity contribution in [2.24, 2.45) is 5.73 Å². The number of hydrogen-bond acceptors (Lipinski definition) is 2. The summed E-state index contributed by atoms with van der Waals surface area (Å²) in [5.41, 5.74) is 9.00. The molecule has 0 saturated heterocycles. The van der Waals surface area contributed by atoms with Gasteiger partial charge < -0.3 is 5.73 Å². The molecule has 2 aromatic rings. The number of aryl methyl sites for hydroxylation is 1. The molecule has 2 heteroatoms. The number of ketones is 1. The van der Waals surface area contributed by atoms with Crippen molar-refractivity contribution in [3.63, 3.8) is 0 Å². The van der Waals surface area contributed by atoms with Crippen molar-refractivity contribution >= 4 is 5.78 Å². The molecule has 98 valence electrons. The van der Waals surface area contributed by atoms with E-state index in [2.05, 4.69) is 6.07 Å². The minimum absolute atomic E-state index is 0.180. The number of hydrogen-bond donors (Lipinski definition) is 1. The molecule has 0 spiro atoms. The van der Waals surface area contributed by atoms with Gasteiger partial charge in [-0.05, 0) is 18.1 Å². The third-order valence-corrected chi connectivity index (χ3v) is 3.29. The van der Waals surface area contributed by atoms with Crippen molar-refractivity contribution in [2.45, 2.75) is 19.3 Å². The number of carbonyl (C=O) groups is 1. The smallest absolute Gasteiger partial charge is 0.145 e. The van der Waals surface area contributed by atoms with Crippen LogP contribution in [0.5, 0.6) is 0 Å². The first kappa shape index (κ1) is 13.5. The molecular weight excluding hydrogens is 234 g/mol. The quantitative estimate of drug-likeness (QED) is 0.890. The van der Waals surface area contributed by atoms with Gasteiger partial charge in [-0.2, -0.15) is 0 Å². The van der Waals surface area contributed by atoms with Crippen molar-refractivity contribution in [1.29, 1.82) is 0 Å². The lowest BCUT2D eigenvalue weighted by Gasteiger charge is -2.14. The zero-order valence-corrected chi connectivity index (χ0v) is 11.2. The van der Waals surface area contributed by atoms with E-state index in [4.69, 9.17) is 5.73 Å². The van der Waals surface area contributed by atoms with E-state index in [9.17, 15) is 4.79 Å². The van der Waals surface area contributed by atoms with Gasteiger partial charge in [-0.15, -0.1) is 0 Å². The molecule has 0 heterocycles. The van der Waals surface area contributed by atoms with Crippen LogP contribution in [0.1, 0.15) is 22.6 Å². The fraction of sp³-hybridized carbons (Fsp3) is 0.235. The van der Waals surface area contributed by atoms with Crippen LogP contribution in [0.25, 0.3) is 0 Å². The van der Waals surface area contributed by atoms with Crippen LogP contribution in [-0.2, 0) is 11.2 Å². The van der Waals surface area contributed by atoms with Gasteiger partial charge in [0.1, 0.15) is 5.78 Å². The Hall–Kier alpha value is -1.93. The number of rotatable bonds is 5. The molecule has 2 nitrogen and oxygen atoms in total. The van der Waals surface area contributed by atoms with Gasteiger partial charge in [-0.3, -0.25) is 4.79 Å². The van der Waals surface area contributed by atoms with E-state index < -0.39 is 0 Å². The van der Waals surface area contributed by atoms with Crippen molar-refractivity contribution < 1.29 is 4.79 Å². The SMILES string of the molecule is Cc1cccc(CC(=O)C(CN)c2ccccc2)c1. The predicted molar refractivity (Wildman–Crippen MR) is 78.1 cm³/mol. The Morgan fingerprint density at radius 3 is 2.47 bits per heavy atom. The summed E-state index contributed by atoms with van der Waals surface area (Å²) in [6.45, 7) is 2.39. The number of Topliss-reactive ketones (excluding diaryl/α,β-unsaturated/α-hetero) is 1. The van der Waals surface area contributed by atoms with E-state index in [1.807, 2.05) is 55.5 Å². The minimum atomic E-state index is -0.207. The van der Waals surface area contributed by atoms with Gasteiger partial charge in [0.15, 0.2) is 0 Å². The molecule has 1 unspecified atom stereocenters. The molecule has 1 atom stereocenters. The van der Waals surface area contributed by atoms with E-state index in [0.717, 1.165) is 11.1 Å². The molecule has 0 bridgehead atoms. The summed E-state index contributed by atoms with van der Waals surface area (Å²) < 4.78 is 0. The van der Waals surface area contributed by atoms with Gasteiger partial charge in [0.25, 0.3) is 0 Å². The number of nitrogens with two attached hydrogens (primary N) is 1. The fourth-order valence-corrected chi connectivity index (χ4v) is 2.29. The molecule has 0 radical (unpaired) electrons. The molecule has 2 rings (SSSR count). The van der Waals surface area contributed by atoms with Gasteiger partial charge in [0.2, 0.25) is 0 Å². The predicted octanol–water partition coefficient (Wildman–Crippen LogP) is 2.85. The summed E-state index contributed by atoms with van der Waals surface area (Å²) >= 11 is 0. The summed E-state index contributed by atoms with van der Waals surface area (Å²) in [5, 5.41) is 0. The Bertz CT molecular complexity index is 548. The monoisotopic (exact) mass is 253 g/mol. The van der Waals surface area contributed by atoms with Crippen LogP contribution in [-0.4, -0.2) is 12.3 Å². The third kappa shape index (κ3) is 3.52. The fourth-order valence-electron chi connectivity index (χ4n) is 2.29. The topological polar surface area (TPSA) is 43.1 Å². The standard InChI is InChI=1S/C17H19NO/c1-13-6-5-7-14(10-13)11-17(19)16(12-18)15-8-3-2-4-9-15/h2-10,16H,11-12,18H2,1H3. The van der Waals surface area contributed by atoms with Crippen LogP contribution in [0.4, 0.5) is 0 Å². The summed E-state index contributed by atoms with van der Waals surface area (Å²) in [7, 11) is 0. The largest absolute Gasteiger partial charge is 0.329 e. The second-order valence-corrected chi connectivity index (χ2v) is 4.83. The first-order valence-electron chi connectivity index (χ1n) is 6.54. The van der Waals surface area contributed by atoms with Crippen LogP contribution in [0.15, 0.2) is 54.6 Å². The first-order chi connectivity index (χ1) is 9.20. The van der Waals surface area contributed by atoms with Gasteiger partial charge in [0, 0.05) is 13.0 Å². The lowest BCUT2D eigenvalue weighted by Crippen LogP contribution is -2.23. The highest BCUT2D eigenvalue weighted by Crippen LogP contribution is 2.18. The molecule has 0 aliphatic heterocycles. The van der Waals surface area contributed by atoms with Gasteiger partial charge in [0.05, 0.1) is 5.92 Å². The number of benzene rings is 2. The second kappa shape index (κ2) is 6.30. The maximum atomic E-state index is 12.4. The zero-order chi connectivity index (χ0) is 13.7. The molecule has 0 saturated carbocycles. The van der Waals surface area contributed by atoms with Gasteiger partial charge in [-0.25, -0.2) is 0 Å². The Morgan fingerprint density at radius 2 is 1.84 bits per heavy atom. The maximum Gasteiger partial charge on any atom is 0.145 e. The summed E-state index contributed by atoms with van der Waals surface area (Å²) in [5.74, 6) is -0.0268. The second-order valence-electron chi connectivity index (χ2n) is 4.83. The lowest BCUT2D eigenvalue weighted by atomic mass is 9.91. The van der Waals surface area contributed by atoms with Crippen LogP contribution < -0.4 is 5.73 Å². The minimum Gasteiger partial charge on any atom is -0.329 e. The summed E-state index contributed by atoms with van der Waals surface area (Å²) in [4.78, 5) is 12.4. The van der Waals surface area contributed by atoms with E-state index in [1.165, 1.54) is 5.56 Å². The molecule has 0 aliphatic rings. The average molecular weight is 253 g/mol. The Labute approximate surface area is 114 Å². The summed E-state index contributed by atoms with van der Waals surface area (Å²) in [6.07, 6.45) is 0.443. The molecule has 2 N–H and O–H groups in total. The third-order valence-electron chi connectivity index (χ3n) is 3.29. The van der Waals surface area contributed by atoms with Crippen molar-refractivity contribution in [3.05, 3.63) is 71.3 Å². The maximum absolute atomic E-state index is 12.4. The lowest BCUT2D eigenvalue weighted by molar-refractivity contribution is -0.119. The molecule has 2 aromatic carbocycles. The highest BCUT2D eigenvalue weighted by molar-refractivity contribution is 5.87. The molecule has 0 fully saturated rings. The first-order valence-corrected chi connectivity index (χ1v) is 6.54. The Balaban J connectivity index is 2.14. The van der Waals surface area contributed by atoms with Crippen LogP contribution in [0, 0.1) is 6.92 Å². The summed E-state index contributed by atoms with van der Waals surface area (Å²) in [6, 6.07) is 17.8. The highest BCUT2D eigenvalue weighted by atomic mass is 16.1. The van der Waals surface area contributed by atoms with E-state index in [1.54, 1.807) is 0 Å². The Morgan fingerprint density at radius 1 is 1.11 bits per heavy atom. The van der Waals surface area contributed by atoms with Crippen LogP contribution in [0.2, 0.25) is 0 Å². The van der Waals surface area contributed by atoms with Crippen LogP contribution in [0.3, 0.4) is 0 Å². The van der Waals surface area contributed by atoms with E-state index >= 15 is 0 Å². The van der Waals surface area contributed by atoms with Gasteiger partial charge in [-0.1, -0.05) is 60.2 Å². The van der Waals surface area contributed by atoms with Crippen molar-refractivity contribution in [3.8, 4) is 0 Å².